The summed E-state index contributed by atoms with van der Waals surface area (Å²) in [5, 5.41) is 2.87. The molecule has 0 spiro atoms. The Hall–Kier alpha value is -2.47. The zero-order valence-corrected chi connectivity index (χ0v) is 14.8. The van der Waals surface area contributed by atoms with E-state index in [1.165, 1.54) is 11.1 Å². The van der Waals surface area contributed by atoms with Crippen molar-refractivity contribution in [2.24, 2.45) is 0 Å². The zero-order valence-electron chi connectivity index (χ0n) is 14.0. The normalized spacial score (nSPS) is 14.4. The number of aryl methyl sites for hydroxylation is 2. The number of carbonyl (C=O) groups excluding carboxylic acids is 1. The SMILES string of the molecule is CC(CNC(=O)c1cnc2sc3c(n2c1=O)CCC3)c1ccccc1. The molecule has 25 heavy (non-hydrogen) atoms. The van der Waals surface area contributed by atoms with Crippen LogP contribution >= 0.6 is 11.3 Å². The van der Waals surface area contributed by atoms with E-state index in [2.05, 4.69) is 17.2 Å². The highest BCUT2D eigenvalue weighted by atomic mass is 32.1. The summed E-state index contributed by atoms with van der Waals surface area (Å²) in [6.07, 6.45) is 4.35. The van der Waals surface area contributed by atoms with Crippen molar-refractivity contribution < 1.29 is 4.79 Å². The third-order valence-corrected chi connectivity index (χ3v) is 5.89. The van der Waals surface area contributed by atoms with Gasteiger partial charge in [-0.05, 0) is 30.7 Å². The van der Waals surface area contributed by atoms with Crippen molar-refractivity contribution in [2.45, 2.75) is 32.1 Å². The first-order valence-corrected chi connectivity index (χ1v) is 9.32. The molecular weight excluding hydrogens is 334 g/mol. The Kier molecular flexibility index (Phi) is 4.13. The number of rotatable bonds is 4. The number of aromatic nitrogens is 2. The van der Waals surface area contributed by atoms with Crippen LogP contribution in [-0.2, 0) is 12.8 Å². The van der Waals surface area contributed by atoms with E-state index < -0.39 is 0 Å². The van der Waals surface area contributed by atoms with Gasteiger partial charge in [-0.25, -0.2) is 4.98 Å². The molecule has 0 bridgehead atoms. The van der Waals surface area contributed by atoms with Crippen molar-refractivity contribution in [2.75, 3.05) is 6.54 Å². The number of amides is 1. The lowest BCUT2D eigenvalue weighted by Gasteiger charge is -2.13. The molecule has 2 heterocycles. The summed E-state index contributed by atoms with van der Waals surface area (Å²) in [4.78, 5) is 31.5. The average Bonchev–Trinajstić information content (AvgIpc) is 3.21. The van der Waals surface area contributed by atoms with Gasteiger partial charge in [0, 0.05) is 23.3 Å². The zero-order chi connectivity index (χ0) is 17.4. The molecule has 3 aromatic rings. The highest BCUT2D eigenvalue weighted by Crippen LogP contribution is 2.28. The fourth-order valence-electron chi connectivity index (χ4n) is 3.30. The standard InChI is InChI=1S/C19H19N3O2S/c1-12(13-6-3-2-4-7-13)10-20-17(23)14-11-21-19-22(18(14)24)15-8-5-9-16(15)25-19/h2-4,6-7,11-12H,5,8-10H2,1H3,(H,20,23). The van der Waals surface area contributed by atoms with Crippen molar-refractivity contribution in [3.05, 3.63) is 68.6 Å². The first kappa shape index (κ1) is 16.0. The summed E-state index contributed by atoms with van der Waals surface area (Å²) < 4.78 is 1.63. The molecule has 1 N–H and O–H groups in total. The molecule has 1 aliphatic carbocycles. The molecule has 0 saturated heterocycles. The van der Waals surface area contributed by atoms with Gasteiger partial charge in [0.2, 0.25) is 0 Å². The van der Waals surface area contributed by atoms with Crippen LogP contribution in [0.2, 0.25) is 0 Å². The summed E-state index contributed by atoms with van der Waals surface area (Å²) in [6, 6.07) is 10.0. The van der Waals surface area contributed by atoms with Gasteiger partial charge >= 0.3 is 0 Å². The van der Waals surface area contributed by atoms with Crippen molar-refractivity contribution in [1.82, 2.24) is 14.7 Å². The molecule has 0 radical (unpaired) electrons. The van der Waals surface area contributed by atoms with Crippen molar-refractivity contribution in [3.63, 3.8) is 0 Å². The first-order valence-electron chi connectivity index (χ1n) is 8.50. The number of nitrogens with one attached hydrogen (secondary N) is 1. The van der Waals surface area contributed by atoms with Crippen LogP contribution in [0.15, 0.2) is 41.3 Å². The molecule has 1 unspecified atom stereocenters. The summed E-state index contributed by atoms with van der Waals surface area (Å²) in [7, 11) is 0. The number of hydrogen-bond acceptors (Lipinski definition) is 4. The summed E-state index contributed by atoms with van der Waals surface area (Å²) in [5.74, 6) is -0.178. The van der Waals surface area contributed by atoms with Crippen LogP contribution in [0.3, 0.4) is 0 Å². The fourth-order valence-corrected chi connectivity index (χ4v) is 4.47. The van der Waals surface area contributed by atoms with Crippen LogP contribution in [0.5, 0.6) is 0 Å². The molecule has 1 amide bonds. The highest BCUT2D eigenvalue weighted by molar-refractivity contribution is 7.17. The molecule has 4 rings (SSSR count). The minimum absolute atomic E-state index is 0.116. The van der Waals surface area contributed by atoms with Gasteiger partial charge in [0.25, 0.3) is 11.5 Å². The molecule has 0 saturated carbocycles. The van der Waals surface area contributed by atoms with Crippen LogP contribution in [0.4, 0.5) is 0 Å². The molecule has 1 atom stereocenters. The number of nitrogens with zero attached hydrogens (tertiary/aromatic N) is 2. The lowest BCUT2D eigenvalue weighted by molar-refractivity contribution is 0.0949. The number of fused-ring (bicyclic) bond motifs is 3. The Balaban J connectivity index is 1.56. The van der Waals surface area contributed by atoms with Gasteiger partial charge in [0.1, 0.15) is 5.56 Å². The maximum Gasteiger partial charge on any atom is 0.271 e. The van der Waals surface area contributed by atoms with E-state index in [-0.39, 0.29) is 22.9 Å². The van der Waals surface area contributed by atoms with Crippen LogP contribution in [0.25, 0.3) is 4.96 Å². The molecule has 5 nitrogen and oxygen atoms in total. The Morgan fingerprint density at radius 2 is 2.12 bits per heavy atom. The molecule has 2 aromatic heterocycles. The predicted molar refractivity (Wildman–Crippen MR) is 98.6 cm³/mol. The Labute approximate surface area is 149 Å². The largest absolute Gasteiger partial charge is 0.351 e. The molecule has 6 heteroatoms. The van der Waals surface area contributed by atoms with Gasteiger partial charge in [0.05, 0.1) is 0 Å². The maximum absolute atomic E-state index is 12.8. The molecule has 1 aromatic carbocycles. The highest BCUT2D eigenvalue weighted by Gasteiger charge is 2.22. The second-order valence-electron chi connectivity index (χ2n) is 6.44. The number of benzene rings is 1. The van der Waals surface area contributed by atoms with Crippen molar-refractivity contribution in [1.29, 1.82) is 0 Å². The summed E-state index contributed by atoms with van der Waals surface area (Å²) >= 11 is 1.56. The molecular formula is C19H19N3O2S. The van der Waals surface area contributed by atoms with Gasteiger partial charge < -0.3 is 5.32 Å². The van der Waals surface area contributed by atoms with E-state index in [0.717, 1.165) is 30.5 Å². The lowest BCUT2D eigenvalue weighted by Crippen LogP contribution is -2.33. The van der Waals surface area contributed by atoms with E-state index in [1.807, 2.05) is 30.3 Å². The Bertz CT molecular complexity index is 991. The monoisotopic (exact) mass is 353 g/mol. The second kappa shape index (κ2) is 6.44. The maximum atomic E-state index is 12.8. The van der Waals surface area contributed by atoms with Crippen LogP contribution in [-0.4, -0.2) is 21.8 Å². The van der Waals surface area contributed by atoms with Crippen LogP contribution in [0.1, 0.15) is 45.8 Å². The van der Waals surface area contributed by atoms with Gasteiger partial charge in [0.15, 0.2) is 4.96 Å². The number of carbonyl (C=O) groups is 1. The predicted octanol–water partition coefficient (Wildman–Crippen LogP) is 2.78. The lowest BCUT2D eigenvalue weighted by atomic mass is 10.0. The van der Waals surface area contributed by atoms with Gasteiger partial charge in [-0.15, -0.1) is 11.3 Å². The summed E-state index contributed by atoms with van der Waals surface area (Å²) in [5.41, 5.74) is 2.05. The van der Waals surface area contributed by atoms with Gasteiger partial charge in [-0.1, -0.05) is 37.3 Å². The number of thiazole rings is 1. The minimum atomic E-state index is -0.354. The number of hydrogen-bond donors (Lipinski definition) is 1. The van der Waals surface area contributed by atoms with E-state index in [1.54, 1.807) is 15.7 Å². The van der Waals surface area contributed by atoms with Gasteiger partial charge in [-0.3, -0.25) is 14.0 Å². The van der Waals surface area contributed by atoms with Gasteiger partial charge in [-0.2, -0.15) is 0 Å². The van der Waals surface area contributed by atoms with E-state index >= 15 is 0 Å². The summed E-state index contributed by atoms with van der Waals surface area (Å²) in [6.45, 7) is 2.53. The van der Waals surface area contributed by atoms with Crippen LogP contribution in [0, 0.1) is 0 Å². The first-order chi connectivity index (χ1) is 12.1. The Morgan fingerprint density at radius 1 is 1.32 bits per heavy atom. The quantitative estimate of drug-likeness (QED) is 0.784. The molecule has 128 valence electrons. The van der Waals surface area contributed by atoms with Crippen molar-refractivity contribution in [3.8, 4) is 0 Å². The molecule has 1 aliphatic rings. The smallest absolute Gasteiger partial charge is 0.271 e. The third-order valence-electron chi connectivity index (χ3n) is 4.73. The van der Waals surface area contributed by atoms with E-state index in [4.69, 9.17) is 0 Å². The third kappa shape index (κ3) is 2.87. The topological polar surface area (TPSA) is 63.5 Å². The average molecular weight is 353 g/mol. The van der Waals surface area contributed by atoms with Crippen LogP contribution < -0.4 is 10.9 Å². The second-order valence-corrected chi connectivity index (χ2v) is 7.50. The van der Waals surface area contributed by atoms with E-state index in [9.17, 15) is 9.59 Å². The van der Waals surface area contributed by atoms with E-state index in [0.29, 0.717) is 11.5 Å². The fraction of sp³-hybridized carbons (Fsp3) is 0.316. The molecule has 0 aliphatic heterocycles. The Morgan fingerprint density at radius 3 is 2.92 bits per heavy atom. The molecule has 0 fully saturated rings. The minimum Gasteiger partial charge on any atom is -0.351 e. The van der Waals surface area contributed by atoms with Crippen molar-refractivity contribution >= 4 is 22.2 Å².